The van der Waals surface area contributed by atoms with Crippen LogP contribution in [0.3, 0.4) is 0 Å². The molecule has 3 rings (SSSR count). The molecule has 0 aromatic heterocycles. The lowest BCUT2D eigenvalue weighted by Gasteiger charge is -2.38. The molecule has 0 amide bonds. The predicted molar refractivity (Wildman–Crippen MR) is 74.1 cm³/mol. The average molecular weight is 266 g/mol. The van der Waals surface area contributed by atoms with Gasteiger partial charge < -0.3 is 5.11 Å². The summed E-state index contributed by atoms with van der Waals surface area (Å²) in [5.74, 6) is -0.447. The normalized spacial score (nSPS) is 41.6. The van der Waals surface area contributed by atoms with Gasteiger partial charge in [-0.3, -0.25) is 14.6 Å². The molecule has 0 bridgehead atoms. The van der Waals surface area contributed by atoms with Crippen LogP contribution >= 0.6 is 0 Å². The van der Waals surface area contributed by atoms with Crippen LogP contribution in [0.15, 0.2) is 0 Å². The molecule has 4 unspecified atom stereocenters. The van der Waals surface area contributed by atoms with Crippen molar-refractivity contribution in [2.24, 2.45) is 11.8 Å². The van der Waals surface area contributed by atoms with Gasteiger partial charge in [-0.1, -0.05) is 6.92 Å². The number of hydrogen-bond acceptors (Lipinski definition) is 3. The minimum atomic E-state index is -0.605. The van der Waals surface area contributed by atoms with Crippen LogP contribution in [0.4, 0.5) is 0 Å². The van der Waals surface area contributed by atoms with Gasteiger partial charge in [-0.2, -0.15) is 0 Å². The van der Waals surface area contributed by atoms with E-state index in [4.69, 9.17) is 0 Å². The maximum atomic E-state index is 11.2. The first-order valence-corrected chi connectivity index (χ1v) is 7.79. The number of carboxylic acid groups (broad SMARTS) is 1. The highest BCUT2D eigenvalue weighted by atomic mass is 16.4. The van der Waals surface area contributed by atoms with Crippen molar-refractivity contribution in [1.82, 2.24) is 9.80 Å². The molecular weight excluding hydrogens is 240 g/mol. The van der Waals surface area contributed by atoms with Crippen molar-refractivity contribution >= 4 is 5.97 Å². The van der Waals surface area contributed by atoms with Gasteiger partial charge in [-0.05, 0) is 45.1 Å². The Labute approximate surface area is 115 Å². The van der Waals surface area contributed by atoms with Crippen LogP contribution in [0, 0.1) is 11.8 Å². The van der Waals surface area contributed by atoms with Gasteiger partial charge in [-0.15, -0.1) is 0 Å². The summed E-state index contributed by atoms with van der Waals surface area (Å²) in [6, 6.07) is 2.23. The van der Waals surface area contributed by atoms with E-state index in [1.165, 1.54) is 25.8 Å². The maximum absolute atomic E-state index is 11.2. The van der Waals surface area contributed by atoms with E-state index >= 15 is 0 Å². The van der Waals surface area contributed by atoms with E-state index < -0.39 is 5.97 Å². The van der Waals surface area contributed by atoms with Crippen LogP contribution in [-0.2, 0) is 4.79 Å². The van der Waals surface area contributed by atoms with Crippen LogP contribution in [-0.4, -0.2) is 58.6 Å². The molecule has 2 heterocycles. The third-order valence-corrected chi connectivity index (χ3v) is 5.39. The summed E-state index contributed by atoms with van der Waals surface area (Å²) in [5, 5.41) is 9.20. The topological polar surface area (TPSA) is 43.8 Å². The fraction of sp³-hybridized carbons (Fsp3) is 0.933. The zero-order valence-corrected chi connectivity index (χ0v) is 12.1. The van der Waals surface area contributed by atoms with Gasteiger partial charge in [0.25, 0.3) is 0 Å². The Morgan fingerprint density at radius 3 is 2.42 bits per heavy atom. The van der Waals surface area contributed by atoms with Gasteiger partial charge in [0.05, 0.1) is 5.92 Å². The van der Waals surface area contributed by atoms with Crippen LogP contribution in [0.5, 0.6) is 0 Å². The Morgan fingerprint density at radius 1 is 1.11 bits per heavy atom. The predicted octanol–water partition coefficient (Wildman–Crippen LogP) is 1.65. The molecule has 4 atom stereocenters. The lowest BCUT2D eigenvalue weighted by atomic mass is 9.86. The summed E-state index contributed by atoms with van der Waals surface area (Å²) in [7, 11) is 0. The van der Waals surface area contributed by atoms with Gasteiger partial charge in [0.15, 0.2) is 0 Å². The van der Waals surface area contributed by atoms with Crippen molar-refractivity contribution in [3.8, 4) is 0 Å². The molecule has 2 saturated heterocycles. The van der Waals surface area contributed by atoms with E-state index in [0.717, 1.165) is 25.6 Å². The van der Waals surface area contributed by atoms with E-state index in [1.807, 2.05) is 0 Å². The van der Waals surface area contributed by atoms with Crippen molar-refractivity contribution in [2.75, 3.05) is 19.6 Å². The van der Waals surface area contributed by atoms with E-state index in [1.54, 1.807) is 0 Å². The van der Waals surface area contributed by atoms with E-state index in [0.29, 0.717) is 12.1 Å². The largest absolute Gasteiger partial charge is 0.481 e. The first kappa shape index (κ1) is 13.4. The molecule has 2 aliphatic heterocycles. The van der Waals surface area contributed by atoms with Gasteiger partial charge in [0.2, 0.25) is 0 Å². The maximum Gasteiger partial charge on any atom is 0.306 e. The van der Waals surface area contributed by atoms with Crippen LogP contribution in [0.2, 0.25) is 0 Å². The summed E-state index contributed by atoms with van der Waals surface area (Å²) in [6.07, 6.45) is 4.86. The number of nitrogens with zero attached hydrogens (tertiary/aromatic N) is 2. The number of hydrogen-bond donors (Lipinski definition) is 1. The lowest BCUT2D eigenvalue weighted by Crippen LogP contribution is -2.47. The molecule has 3 aliphatic rings. The number of carboxylic acids is 1. The molecule has 1 N–H and O–H groups in total. The summed E-state index contributed by atoms with van der Waals surface area (Å²) in [6.45, 7) is 7.59. The zero-order chi connectivity index (χ0) is 13.6. The quantitative estimate of drug-likeness (QED) is 0.843. The lowest BCUT2D eigenvalue weighted by molar-refractivity contribution is -0.145. The minimum Gasteiger partial charge on any atom is -0.481 e. The van der Waals surface area contributed by atoms with Gasteiger partial charge >= 0.3 is 5.97 Å². The summed E-state index contributed by atoms with van der Waals surface area (Å²) in [4.78, 5) is 16.4. The second-order valence-corrected chi connectivity index (χ2v) is 6.87. The average Bonchev–Trinajstić information content (AvgIpc) is 3.12. The number of aliphatic carboxylic acids is 1. The highest BCUT2D eigenvalue weighted by Crippen LogP contribution is 2.36. The van der Waals surface area contributed by atoms with E-state index in [-0.39, 0.29) is 11.8 Å². The smallest absolute Gasteiger partial charge is 0.306 e. The van der Waals surface area contributed by atoms with Crippen molar-refractivity contribution in [1.29, 1.82) is 0 Å². The van der Waals surface area contributed by atoms with Crippen LogP contribution in [0.25, 0.3) is 0 Å². The second-order valence-electron chi connectivity index (χ2n) is 6.87. The van der Waals surface area contributed by atoms with Crippen molar-refractivity contribution in [3.63, 3.8) is 0 Å². The molecule has 108 valence electrons. The second kappa shape index (κ2) is 5.06. The monoisotopic (exact) mass is 266 g/mol. The van der Waals surface area contributed by atoms with E-state index in [2.05, 4.69) is 23.6 Å². The molecule has 1 saturated carbocycles. The third kappa shape index (κ3) is 2.65. The molecule has 0 aromatic rings. The van der Waals surface area contributed by atoms with Crippen molar-refractivity contribution in [2.45, 2.75) is 57.7 Å². The number of carbonyl (C=O) groups is 1. The van der Waals surface area contributed by atoms with Gasteiger partial charge in [0, 0.05) is 31.2 Å². The molecule has 4 heteroatoms. The first-order chi connectivity index (χ1) is 9.06. The molecule has 19 heavy (non-hydrogen) atoms. The fourth-order valence-electron chi connectivity index (χ4n) is 4.08. The molecular formula is C15H26N2O2. The molecule has 0 radical (unpaired) electrons. The highest BCUT2D eigenvalue weighted by molar-refractivity contribution is 5.70. The first-order valence-electron chi connectivity index (χ1n) is 7.79. The number of piperidine rings is 1. The van der Waals surface area contributed by atoms with Crippen molar-refractivity contribution in [3.05, 3.63) is 0 Å². The van der Waals surface area contributed by atoms with Gasteiger partial charge in [0.1, 0.15) is 0 Å². The number of rotatable bonds is 3. The van der Waals surface area contributed by atoms with Gasteiger partial charge in [-0.25, -0.2) is 0 Å². The third-order valence-electron chi connectivity index (χ3n) is 5.39. The molecule has 0 spiro atoms. The highest BCUT2D eigenvalue weighted by Gasteiger charge is 2.42. The Morgan fingerprint density at radius 2 is 1.84 bits per heavy atom. The SMILES string of the molecule is CC1CN(C2CC(C)N(C3CC3)C2)CCC1C(=O)O. The van der Waals surface area contributed by atoms with Crippen LogP contribution in [0.1, 0.15) is 39.5 Å². The Balaban J connectivity index is 1.57. The summed E-state index contributed by atoms with van der Waals surface area (Å²) < 4.78 is 0. The zero-order valence-electron chi connectivity index (χ0n) is 12.1. The fourth-order valence-corrected chi connectivity index (χ4v) is 4.08. The van der Waals surface area contributed by atoms with Crippen molar-refractivity contribution < 1.29 is 9.90 Å². The van der Waals surface area contributed by atoms with Crippen LogP contribution < -0.4 is 0 Å². The van der Waals surface area contributed by atoms with E-state index in [9.17, 15) is 9.90 Å². The molecule has 4 nitrogen and oxygen atoms in total. The standard InChI is InChI=1S/C15H26N2O2/c1-10-8-16(6-5-14(10)15(18)19)13-7-11(2)17(9-13)12-3-4-12/h10-14H,3-9H2,1-2H3,(H,18,19). The molecule has 0 aromatic carbocycles. The molecule has 3 fully saturated rings. The number of likely N-dealkylation sites (tertiary alicyclic amines) is 2. The molecule has 1 aliphatic carbocycles. The Bertz CT molecular complexity index is 356. The Kier molecular flexibility index (Phi) is 3.56. The summed E-state index contributed by atoms with van der Waals surface area (Å²) >= 11 is 0. The minimum absolute atomic E-state index is 0.130. The summed E-state index contributed by atoms with van der Waals surface area (Å²) in [5.41, 5.74) is 0. The Hall–Kier alpha value is -0.610.